The molecule has 3 rings (SSSR count). The van der Waals surface area contributed by atoms with Crippen LogP contribution in [0.15, 0.2) is 27.4 Å². The van der Waals surface area contributed by atoms with Crippen molar-refractivity contribution in [3.05, 3.63) is 34.3 Å². The lowest BCUT2D eigenvalue weighted by Crippen LogP contribution is -2.28. The molecule has 2 N–H and O–H groups in total. The van der Waals surface area contributed by atoms with Crippen molar-refractivity contribution < 1.29 is 4.42 Å². The van der Waals surface area contributed by atoms with Crippen molar-refractivity contribution in [3.8, 4) is 0 Å². The molecular formula is C14H19N3O2. The lowest BCUT2D eigenvalue weighted by Gasteiger charge is -2.06. The van der Waals surface area contributed by atoms with E-state index < -0.39 is 0 Å². The van der Waals surface area contributed by atoms with E-state index >= 15 is 0 Å². The quantitative estimate of drug-likeness (QED) is 0.761. The van der Waals surface area contributed by atoms with E-state index in [4.69, 9.17) is 4.42 Å². The molecule has 0 bridgehead atoms. The van der Waals surface area contributed by atoms with Crippen LogP contribution in [0.5, 0.6) is 0 Å². The highest BCUT2D eigenvalue weighted by Crippen LogP contribution is 2.17. The molecule has 1 saturated carbocycles. The first kappa shape index (κ1) is 12.4. The number of aromatic nitrogens is 1. The van der Waals surface area contributed by atoms with E-state index in [-0.39, 0.29) is 5.76 Å². The molecule has 1 aliphatic rings. The zero-order chi connectivity index (χ0) is 13.2. The second-order valence-corrected chi connectivity index (χ2v) is 5.13. The predicted octanol–water partition coefficient (Wildman–Crippen LogP) is 0.973. The van der Waals surface area contributed by atoms with Gasteiger partial charge in [0.15, 0.2) is 5.58 Å². The average Bonchev–Trinajstić information content (AvgIpc) is 3.18. The van der Waals surface area contributed by atoms with Gasteiger partial charge >= 0.3 is 5.76 Å². The number of oxazole rings is 1. The number of rotatable bonds is 6. The van der Waals surface area contributed by atoms with Crippen LogP contribution < -0.4 is 16.4 Å². The summed E-state index contributed by atoms with van der Waals surface area (Å²) in [5, 5.41) is 6.86. The summed E-state index contributed by atoms with van der Waals surface area (Å²) >= 11 is 0. The summed E-state index contributed by atoms with van der Waals surface area (Å²) in [5.74, 6) is -0.311. The van der Waals surface area contributed by atoms with Crippen LogP contribution in [0.1, 0.15) is 18.4 Å². The van der Waals surface area contributed by atoms with Crippen molar-refractivity contribution in [2.24, 2.45) is 7.05 Å². The van der Waals surface area contributed by atoms with Crippen molar-refractivity contribution in [2.45, 2.75) is 25.4 Å². The Labute approximate surface area is 111 Å². The molecule has 1 aromatic carbocycles. The molecule has 0 saturated heterocycles. The lowest BCUT2D eigenvalue weighted by atomic mass is 10.2. The molecule has 2 aromatic rings. The Bertz CT molecular complexity index is 625. The molecule has 102 valence electrons. The molecular weight excluding hydrogens is 242 g/mol. The molecule has 0 unspecified atom stereocenters. The first-order valence-electron chi connectivity index (χ1n) is 6.76. The molecule has 0 amide bonds. The standard InChI is InChI=1S/C14H19N3O2/c1-17-12-8-10(2-5-13(12)19-14(17)18)9-15-6-7-16-11-3-4-11/h2,5,8,11,15-16H,3-4,6-7,9H2,1H3. The Morgan fingerprint density at radius 1 is 1.37 bits per heavy atom. The van der Waals surface area contributed by atoms with Gasteiger partial charge in [-0.25, -0.2) is 4.79 Å². The molecule has 0 aliphatic heterocycles. The maximum Gasteiger partial charge on any atom is 0.419 e. The van der Waals surface area contributed by atoms with Crippen LogP contribution >= 0.6 is 0 Å². The van der Waals surface area contributed by atoms with Crippen LogP contribution in [0.2, 0.25) is 0 Å². The maximum absolute atomic E-state index is 11.4. The number of hydrogen-bond acceptors (Lipinski definition) is 4. The molecule has 0 atom stereocenters. The van der Waals surface area contributed by atoms with Gasteiger partial charge in [0.05, 0.1) is 5.52 Å². The largest absolute Gasteiger partial charge is 0.419 e. The Hall–Kier alpha value is -1.59. The van der Waals surface area contributed by atoms with Gasteiger partial charge < -0.3 is 15.1 Å². The maximum atomic E-state index is 11.4. The van der Waals surface area contributed by atoms with Crippen LogP contribution in [0.3, 0.4) is 0 Å². The molecule has 1 aliphatic carbocycles. The minimum atomic E-state index is -0.311. The van der Waals surface area contributed by atoms with E-state index in [1.807, 2.05) is 18.2 Å². The fourth-order valence-electron chi connectivity index (χ4n) is 2.17. The minimum Gasteiger partial charge on any atom is -0.408 e. The fourth-order valence-corrected chi connectivity index (χ4v) is 2.17. The smallest absolute Gasteiger partial charge is 0.408 e. The lowest BCUT2D eigenvalue weighted by molar-refractivity contribution is 0.528. The Morgan fingerprint density at radius 3 is 3.00 bits per heavy atom. The van der Waals surface area contributed by atoms with Crippen LogP contribution in [0, 0.1) is 0 Å². The summed E-state index contributed by atoms with van der Waals surface area (Å²) in [5.41, 5.74) is 2.65. The summed E-state index contributed by atoms with van der Waals surface area (Å²) in [6, 6.07) is 6.61. The highest BCUT2D eigenvalue weighted by Gasteiger charge is 2.19. The molecule has 0 spiro atoms. The molecule has 1 heterocycles. The van der Waals surface area contributed by atoms with Gasteiger partial charge in [-0.1, -0.05) is 6.07 Å². The topological polar surface area (TPSA) is 59.2 Å². The Morgan fingerprint density at radius 2 is 2.21 bits per heavy atom. The zero-order valence-electron chi connectivity index (χ0n) is 11.1. The summed E-state index contributed by atoms with van der Waals surface area (Å²) in [4.78, 5) is 11.4. The SMILES string of the molecule is Cn1c(=O)oc2ccc(CNCCNC3CC3)cc21. The molecule has 19 heavy (non-hydrogen) atoms. The van der Waals surface area contributed by atoms with Gasteiger partial charge in [-0.2, -0.15) is 0 Å². The number of hydrogen-bond donors (Lipinski definition) is 2. The highest BCUT2D eigenvalue weighted by atomic mass is 16.4. The molecule has 5 nitrogen and oxygen atoms in total. The average molecular weight is 261 g/mol. The van der Waals surface area contributed by atoms with Gasteiger partial charge in [-0.05, 0) is 30.5 Å². The van der Waals surface area contributed by atoms with Gasteiger partial charge in [0.2, 0.25) is 0 Å². The van der Waals surface area contributed by atoms with Crippen molar-refractivity contribution in [3.63, 3.8) is 0 Å². The summed E-state index contributed by atoms with van der Waals surface area (Å²) in [6.45, 7) is 2.78. The highest BCUT2D eigenvalue weighted by molar-refractivity contribution is 5.73. The normalized spacial score (nSPS) is 15.2. The third-order valence-corrected chi connectivity index (χ3v) is 3.50. The number of nitrogens with zero attached hydrogens (tertiary/aromatic N) is 1. The van der Waals surface area contributed by atoms with Gasteiger partial charge in [-0.3, -0.25) is 4.57 Å². The summed E-state index contributed by atoms with van der Waals surface area (Å²) < 4.78 is 6.64. The first-order valence-corrected chi connectivity index (χ1v) is 6.76. The molecule has 1 aromatic heterocycles. The van der Waals surface area contributed by atoms with Crippen LogP contribution in [0.25, 0.3) is 11.1 Å². The van der Waals surface area contributed by atoms with Gasteiger partial charge in [0, 0.05) is 32.7 Å². The molecule has 5 heteroatoms. The number of benzene rings is 1. The van der Waals surface area contributed by atoms with Crippen molar-refractivity contribution in [1.82, 2.24) is 15.2 Å². The third kappa shape index (κ3) is 2.88. The zero-order valence-corrected chi connectivity index (χ0v) is 11.1. The number of aryl methyl sites for hydroxylation is 1. The van der Waals surface area contributed by atoms with E-state index in [0.717, 1.165) is 36.8 Å². The van der Waals surface area contributed by atoms with E-state index in [2.05, 4.69) is 10.6 Å². The second-order valence-electron chi connectivity index (χ2n) is 5.13. The van der Waals surface area contributed by atoms with Crippen LogP contribution in [-0.4, -0.2) is 23.7 Å². The van der Waals surface area contributed by atoms with Crippen molar-refractivity contribution in [1.29, 1.82) is 0 Å². The summed E-state index contributed by atoms with van der Waals surface area (Å²) in [7, 11) is 1.73. The molecule has 0 radical (unpaired) electrons. The van der Waals surface area contributed by atoms with Crippen molar-refractivity contribution >= 4 is 11.1 Å². The van der Waals surface area contributed by atoms with E-state index in [0.29, 0.717) is 5.58 Å². The van der Waals surface area contributed by atoms with E-state index in [1.165, 1.54) is 17.4 Å². The van der Waals surface area contributed by atoms with Crippen LogP contribution in [-0.2, 0) is 13.6 Å². The summed E-state index contributed by atoms with van der Waals surface area (Å²) in [6.07, 6.45) is 2.65. The Balaban J connectivity index is 1.57. The predicted molar refractivity (Wildman–Crippen MR) is 74.2 cm³/mol. The first-order chi connectivity index (χ1) is 9.24. The van der Waals surface area contributed by atoms with E-state index in [1.54, 1.807) is 7.05 Å². The van der Waals surface area contributed by atoms with Crippen LogP contribution in [0.4, 0.5) is 0 Å². The van der Waals surface area contributed by atoms with Gasteiger partial charge in [0.1, 0.15) is 0 Å². The number of nitrogens with one attached hydrogen (secondary N) is 2. The van der Waals surface area contributed by atoms with Gasteiger partial charge in [0.25, 0.3) is 0 Å². The van der Waals surface area contributed by atoms with Crippen molar-refractivity contribution in [2.75, 3.05) is 13.1 Å². The fraction of sp³-hybridized carbons (Fsp3) is 0.500. The number of fused-ring (bicyclic) bond motifs is 1. The molecule has 1 fully saturated rings. The Kier molecular flexibility index (Phi) is 3.40. The second kappa shape index (κ2) is 5.19. The van der Waals surface area contributed by atoms with Gasteiger partial charge in [-0.15, -0.1) is 0 Å². The minimum absolute atomic E-state index is 0.311. The monoisotopic (exact) mass is 261 g/mol. The third-order valence-electron chi connectivity index (χ3n) is 3.50. The van der Waals surface area contributed by atoms with E-state index in [9.17, 15) is 4.79 Å².